The molecule has 1 aromatic rings. The van der Waals surface area contributed by atoms with Gasteiger partial charge in [-0.3, -0.25) is 4.79 Å². The molecular formula is C14H17Cl2NOS. The maximum Gasteiger partial charge on any atom is 0.234 e. The van der Waals surface area contributed by atoms with Crippen molar-refractivity contribution >= 4 is 46.6 Å². The minimum atomic E-state index is -0.545. The molecule has 0 saturated heterocycles. The summed E-state index contributed by atoms with van der Waals surface area (Å²) in [5, 5.41) is 2.91. The van der Waals surface area contributed by atoms with Crippen molar-refractivity contribution in [2.45, 2.75) is 24.6 Å². The van der Waals surface area contributed by atoms with Crippen LogP contribution < -0.4 is 5.32 Å². The van der Waals surface area contributed by atoms with Crippen molar-refractivity contribution < 1.29 is 4.79 Å². The van der Waals surface area contributed by atoms with Gasteiger partial charge >= 0.3 is 0 Å². The van der Waals surface area contributed by atoms with Crippen molar-refractivity contribution in [2.75, 3.05) is 16.8 Å². The first-order valence-corrected chi connectivity index (χ1v) is 8.11. The van der Waals surface area contributed by atoms with E-state index in [1.165, 1.54) is 0 Å². The molecule has 0 radical (unpaired) electrons. The van der Waals surface area contributed by atoms with E-state index in [1.54, 1.807) is 11.8 Å². The molecule has 0 bridgehead atoms. The van der Waals surface area contributed by atoms with E-state index in [9.17, 15) is 4.79 Å². The third-order valence-corrected chi connectivity index (χ3v) is 5.04. The van der Waals surface area contributed by atoms with Crippen LogP contribution in [0.5, 0.6) is 0 Å². The van der Waals surface area contributed by atoms with Crippen LogP contribution in [0.3, 0.4) is 0 Å². The molecule has 1 aromatic carbocycles. The van der Waals surface area contributed by atoms with Gasteiger partial charge in [-0.2, -0.15) is 11.8 Å². The lowest BCUT2D eigenvalue weighted by atomic mass is 10.1. The molecule has 0 aliphatic heterocycles. The molecule has 1 fully saturated rings. The number of thioether (sulfide) groups is 1. The van der Waals surface area contributed by atoms with E-state index < -0.39 is 4.33 Å². The van der Waals surface area contributed by atoms with Crippen LogP contribution in [-0.4, -0.2) is 21.7 Å². The van der Waals surface area contributed by atoms with Crippen LogP contribution in [0.4, 0.5) is 5.69 Å². The van der Waals surface area contributed by atoms with Gasteiger partial charge in [-0.15, -0.1) is 23.2 Å². The fourth-order valence-corrected chi connectivity index (χ4v) is 3.76. The fourth-order valence-electron chi connectivity index (χ4n) is 1.99. The van der Waals surface area contributed by atoms with E-state index in [1.807, 2.05) is 26.0 Å². The Labute approximate surface area is 128 Å². The lowest BCUT2D eigenvalue weighted by molar-refractivity contribution is -0.113. The second-order valence-corrected chi connectivity index (χ2v) is 7.67. The third kappa shape index (κ3) is 4.59. The van der Waals surface area contributed by atoms with Gasteiger partial charge in [0.2, 0.25) is 5.91 Å². The summed E-state index contributed by atoms with van der Waals surface area (Å²) < 4.78 is -0.545. The molecule has 2 nitrogen and oxygen atoms in total. The number of hydrogen-bond acceptors (Lipinski definition) is 2. The number of alkyl halides is 2. The average molecular weight is 318 g/mol. The molecule has 0 unspecified atom stereocenters. The summed E-state index contributed by atoms with van der Waals surface area (Å²) in [7, 11) is 0. The van der Waals surface area contributed by atoms with Crippen LogP contribution in [0.15, 0.2) is 18.2 Å². The van der Waals surface area contributed by atoms with E-state index in [0.717, 1.165) is 29.0 Å². The Balaban J connectivity index is 1.75. The fraction of sp³-hybridized carbons (Fsp3) is 0.500. The predicted octanol–water partition coefficient (Wildman–Crippen LogP) is 4.17. The summed E-state index contributed by atoms with van der Waals surface area (Å²) in [6, 6.07) is 6.02. The summed E-state index contributed by atoms with van der Waals surface area (Å²) in [4.78, 5) is 11.8. The molecule has 0 heterocycles. The Morgan fingerprint density at radius 1 is 1.37 bits per heavy atom. The smallest absolute Gasteiger partial charge is 0.234 e. The van der Waals surface area contributed by atoms with E-state index >= 15 is 0 Å². The first kappa shape index (κ1) is 15.0. The van der Waals surface area contributed by atoms with Crippen LogP contribution >= 0.6 is 35.0 Å². The molecule has 1 aliphatic rings. The van der Waals surface area contributed by atoms with Crippen molar-refractivity contribution in [2.24, 2.45) is 5.92 Å². The Kier molecular flexibility index (Phi) is 4.70. The Hall–Kier alpha value is -0.380. The molecule has 2 rings (SSSR count). The van der Waals surface area contributed by atoms with E-state index in [-0.39, 0.29) is 5.91 Å². The zero-order valence-corrected chi connectivity index (χ0v) is 13.3. The quantitative estimate of drug-likeness (QED) is 0.826. The van der Waals surface area contributed by atoms with Gasteiger partial charge < -0.3 is 5.32 Å². The van der Waals surface area contributed by atoms with Crippen LogP contribution in [-0.2, 0) is 4.79 Å². The van der Waals surface area contributed by atoms with Crippen LogP contribution in [0.2, 0.25) is 0 Å². The highest BCUT2D eigenvalue weighted by Crippen LogP contribution is 2.54. The Bertz CT molecular complexity index is 470. The normalized spacial score (nSPS) is 20.1. The van der Waals surface area contributed by atoms with Crippen molar-refractivity contribution in [3.63, 3.8) is 0 Å². The van der Waals surface area contributed by atoms with E-state index in [0.29, 0.717) is 11.7 Å². The number of hydrogen-bond donors (Lipinski definition) is 1. The van der Waals surface area contributed by atoms with Gasteiger partial charge in [0.05, 0.1) is 5.75 Å². The van der Waals surface area contributed by atoms with Gasteiger partial charge in [0.15, 0.2) is 0 Å². The molecule has 1 amide bonds. The number of rotatable bonds is 5. The monoisotopic (exact) mass is 317 g/mol. The number of anilines is 1. The lowest BCUT2D eigenvalue weighted by Gasteiger charge is -2.07. The summed E-state index contributed by atoms with van der Waals surface area (Å²) >= 11 is 13.5. The zero-order chi connectivity index (χ0) is 14.0. The summed E-state index contributed by atoms with van der Waals surface area (Å²) in [5.41, 5.74) is 3.16. The molecule has 0 aromatic heterocycles. The van der Waals surface area contributed by atoms with Gasteiger partial charge in [0, 0.05) is 11.6 Å². The Morgan fingerprint density at radius 3 is 2.47 bits per heavy atom. The van der Waals surface area contributed by atoms with Crippen molar-refractivity contribution in [1.82, 2.24) is 0 Å². The summed E-state index contributed by atoms with van der Waals surface area (Å²) in [5.74, 6) is 1.63. The maximum atomic E-state index is 11.8. The number of aryl methyl sites for hydroxylation is 2. The van der Waals surface area contributed by atoms with Crippen molar-refractivity contribution in [3.05, 3.63) is 29.3 Å². The second kappa shape index (κ2) is 5.94. The second-order valence-electron chi connectivity index (χ2n) is 5.10. The lowest BCUT2D eigenvalue weighted by Crippen LogP contribution is -2.15. The first-order valence-electron chi connectivity index (χ1n) is 6.20. The van der Waals surface area contributed by atoms with Gasteiger partial charge in [0.25, 0.3) is 0 Å². The number of carbonyl (C=O) groups excluding carboxylic acids is 1. The third-order valence-electron chi connectivity index (χ3n) is 3.01. The molecule has 1 N–H and O–H groups in total. The molecule has 1 atom stereocenters. The Morgan fingerprint density at radius 2 is 1.95 bits per heavy atom. The van der Waals surface area contributed by atoms with E-state index in [4.69, 9.17) is 23.2 Å². The number of halogens is 2. The molecule has 104 valence electrons. The van der Waals surface area contributed by atoms with Crippen molar-refractivity contribution in [1.29, 1.82) is 0 Å². The molecule has 5 heteroatoms. The highest BCUT2D eigenvalue weighted by molar-refractivity contribution is 8.00. The summed E-state index contributed by atoms with van der Waals surface area (Å²) in [6.07, 6.45) is 0.835. The van der Waals surface area contributed by atoms with Crippen molar-refractivity contribution in [3.8, 4) is 0 Å². The average Bonchev–Trinajstić information content (AvgIpc) is 2.84. The molecule has 19 heavy (non-hydrogen) atoms. The number of amides is 1. The highest BCUT2D eigenvalue weighted by atomic mass is 35.5. The van der Waals surface area contributed by atoms with Gasteiger partial charge in [-0.1, -0.05) is 6.07 Å². The number of nitrogens with one attached hydrogen (secondary N) is 1. The van der Waals surface area contributed by atoms with E-state index in [2.05, 4.69) is 11.4 Å². The molecule has 0 spiro atoms. The molecule has 1 aliphatic carbocycles. The van der Waals surface area contributed by atoms with Gasteiger partial charge in [0.1, 0.15) is 4.33 Å². The number of carbonyl (C=O) groups is 1. The topological polar surface area (TPSA) is 29.1 Å². The van der Waals surface area contributed by atoms with Crippen LogP contribution in [0, 0.1) is 19.8 Å². The highest BCUT2D eigenvalue weighted by Gasteiger charge is 2.51. The molecular weight excluding hydrogens is 301 g/mol. The SMILES string of the molecule is Cc1cc(C)cc(NC(=O)CSC[C@@H]2CC2(Cl)Cl)c1. The van der Waals surface area contributed by atoms with Gasteiger partial charge in [-0.05, 0) is 49.3 Å². The van der Waals surface area contributed by atoms with Crippen LogP contribution in [0.1, 0.15) is 17.5 Å². The zero-order valence-electron chi connectivity index (χ0n) is 11.0. The maximum absolute atomic E-state index is 11.8. The summed E-state index contributed by atoms with van der Waals surface area (Å²) in [6.45, 7) is 4.04. The molecule has 1 saturated carbocycles. The minimum Gasteiger partial charge on any atom is -0.325 e. The van der Waals surface area contributed by atoms with Gasteiger partial charge in [-0.25, -0.2) is 0 Å². The first-order chi connectivity index (χ1) is 8.87. The van der Waals surface area contributed by atoms with Crippen LogP contribution in [0.25, 0.3) is 0 Å². The largest absolute Gasteiger partial charge is 0.325 e. The minimum absolute atomic E-state index is 0.0189. The predicted molar refractivity (Wildman–Crippen MR) is 84.4 cm³/mol. The number of benzene rings is 1. The standard InChI is InChI=1S/C14H17Cl2NOS/c1-9-3-10(2)5-12(4-9)17-13(18)8-19-7-11-6-14(11,15)16/h3-5,11H,6-8H2,1-2H3,(H,17,18)/t11-/m0/s1.